The number of benzene rings is 2. The molecule has 12 heteroatoms. The molecule has 0 radical (unpaired) electrons. The maximum absolute atomic E-state index is 13.9. The molecule has 5 amide bonds. The lowest BCUT2D eigenvalue weighted by atomic mass is 9.87. The number of nitrogens with one attached hydrogen (secondary N) is 2. The summed E-state index contributed by atoms with van der Waals surface area (Å²) >= 11 is 0. The van der Waals surface area contributed by atoms with Crippen molar-refractivity contribution in [2.45, 2.75) is 90.6 Å². The monoisotopic (exact) mass is 648 g/mol. The quantitative estimate of drug-likeness (QED) is 0.368. The summed E-state index contributed by atoms with van der Waals surface area (Å²) in [5, 5.41) is 5.41. The number of ether oxygens (including phenoxy) is 3. The number of rotatable bonds is 10. The fourth-order valence-corrected chi connectivity index (χ4v) is 5.99. The van der Waals surface area contributed by atoms with Crippen LogP contribution >= 0.6 is 0 Å². The number of imide groups is 1. The molecule has 252 valence electrons. The van der Waals surface area contributed by atoms with Crippen LogP contribution in [0, 0.1) is 11.8 Å². The predicted octanol–water partition coefficient (Wildman–Crippen LogP) is 4.96. The minimum absolute atomic E-state index is 0.0440. The molecule has 1 saturated carbocycles. The van der Waals surface area contributed by atoms with Gasteiger partial charge < -0.3 is 29.7 Å². The highest BCUT2D eigenvalue weighted by Crippen LogP contribution is 2.46. The molecule has 1 unspecified atom stereocenters. The molecule has 0 aromatic heterocycles. The van der Waals surface area contributed by atoms with Gasteiger partial charge >= 0.3 is 12.2 Å². The number of carbonyl (C=O) groups excluding carboxylic acids is 5. The van der Waals surface area contributed by atoms with Gasteiger partial charge in [0, 0.05) is 36.3 Å². The van der Waals surface area contributed by atoms with Gasteiger partial charge in [0.05, 0.1) is 6.61 Å². The average Bonchev–Trinajstić information content (AvgIpc) is 3.82. The lowest BCUT2D eigenvalue weighted by molar-refractivity contribution is -0.144. The van der Waals surface area contributed by atoms with Crippen molar-refractivity contribution in [3.8, 4) is 5.75 Å². The van der Waals surface area contributed by atoms with Crippen LogP contribution in [0.5, 0.6) is 5.75 Å². The number of amides is 5. The van der Waals surface area contributed by atoms with Crippen molar-refractivity contribution in [3.63, 3.8) is 0 Å². The Morgan fingerprint density at radius 3 is 2.40 bits per heavy atom. The van der Waals surface area contributed by atoms with E-state index in [9.17, 15) is 24.0 Å². The van der Waals surface area contributed by atoms with Gasteiger partial charge in [-0.3, -0.25) is 14.4 Å². The van der Waals surface area contributed by atoms with Crippen molar-refractivity contribution in [1.29, 1.82) is 0 Å². The van der Waals surface area contributed by atoms with Crippen molar-refractivity contribution in [3.05, 3.63) is 59.7 Å². The standard InChI is InChI=1S/C35H44N4O8/c1-21(2)29(37-32(43)46-34(4,5)6)30(41)36-25-14-15-26-27(18-25)45-17-16-35(26)31(42)39(33(44)47-35)20-28(40)38(22(3)24-12-13-24)19-23-10-8-7-9-11-23/h7-11,14-15,18,21-22,24,29H,12-13,16-17,19-20H2,1-6H3,(H,36,41)(H,37,43)/t22-,29+,35?/m0/s1. The summed E-state index contributed by atoms with van der Waals surface area (Å²) in [5.41, 5.74) is -0.735. The fourth-order valence-electron chi connectivity index (χ4n) is 5.99. The van der Waals surface area contributed by atoms with Crippen LogP contribution in [0.3, 0.4) is 0 Å². The minimum Gasteiger partial charge on any atom is -0.493 e. The number of alkyl carbamates (subject to hydrolysis) is 1. The molecule has 1 saturated heterocycles. The molecule has 1 spiro atoms. The van der Waals surface area contributed by atoms with E-state index in [2.05, 4.69) is 10.6 Å². The van der Waals surface area contributed by atoms with E-state index in [1.54, 1.807) is 57.7 Å². The second-order valence-corrected chi connectivity index (χ2v) is 13.8. The Hall–Kier alpha value is -4.61. The van der Waals surface area contributed by atoms with Gasteiger partial charge in [0.15, 0.2) is 0 Å². The summed E-state index contributed by atoms with van der Waals surface area (Å²) in [7, 11) is 0. The Labute approximate surface area is 275 Å². The molecule has 2 aromatic carbocycles. The normalized spacial score (nSPS) is 20.2. The van der Waals surface area contributed by atoms with E-state index in [-0.39, 0.29) is 36.6 Å². The van der Waals surface area contributed by atoms with Crippen molar-refractivity contribution >= 4 is 35.6 Å². The van der Waals surface area contributed by atoms with E-state index in [0.29, 0.717) is 23.7 Å². The number of fused-ring (bicyclic) bond motifs is 2. The Morgan fingerprint density at radius 2 is 1.77 bits per heavy atom. The zero-order chi connectivity index (χ0) is 34.1. The molecule has 5 rings (SSSR count). The number of nitrogens with zero attached hydrogens (tertiary/aromatic N) is 2. The van der Waals surface area contributed by atoms with E-state index in [1.165, 1.54) is 0 Å². The first-order valence-electron chi connectivity index (χ1n) is 16.1. The van der Waals surface area contributed by atoms with Gasteiger partial charge in [-0.05, 0) is 70.1 Å². The van der Waals surface area contributed by atoms with Crippen LogP contribution in [0.1, 0.15) is 71.9 Å². The van der Waals surface area contributed by atoms with E-state index >= 15 is 0 Å². The van der Waals surface area contributed by atoms with Gasteiger partial charge in [-0.25, -0.2) is 14.5 Å². The summed E-state index contributed by atoms with van der Waals surface area (Å²) in [4.78, 5) is 69.0. The van der Waals surface area contributed by atoms with Crippen molar-refractivity contribution < 1.29 is 38.2 Å². The molecular formula is C35H44N4O8. The second-order valence-electron chi connectivity index (χ2n) is 13.8. The summed E-state index contributed by atoms with van der Waals surface area (Å²) in [6.45, 7) is 10.8. The predicted molar refractivity (Wildman–Crippen MR) is 172 cm³/mol. The fraction of sp³-hybridized carbons (Fsp3) is 0.514. The lowest BCUT2D eigenvalue weighted by Crippen LogP contribution is -2.48. The molecule has 47 heavy (non-hydrogen) atoms. The first kappa shape index (κ1) is 33.7. The Morgan fingerprint density at radius 1 is 1.06 bits per heavy atom. The van der Waals surface area contributed by atoms with Crippen molar-refractivity contribution in [1.82, 2.24) is 15.1 Å². The number of anilines is 1. The van der Waals surface area contributed by atoms with Gasteiger partial charge in [-0.15, -0.1) is 0 Å². The molecule has 1 aliphatic carbocycles. The van der Waals surface area contributed by atoms with Crippen LogP contribution in [0.15, 0.2) is 48.5 Å². The molecule has 2 heterocycles. The van der Waals surface area contributed by atoms with E-state index < -0.39 is 47.8 Å². The van der Waals surface area contributed by atoms with E-state index in [4.69, 9.17) is 14.2 Å². The van der Waals surface area contributed by atoms with E-state index in [1.807, 2.05) is 37.3 Å². The van der Waals surface area contributed by atoms with Crippen LogP contribution < -0.4 is 15.4 Å². The third kappa shape index (κ3) is 7.52. The molecule has 3 aliphatic rings. The highest BCUT2D eigenvalue weighted by Gasteiger charge is 2.58. The van der Waals surface area contributed by atoms with Crippen LogP contribution in [-0.2, 0) is 36.0 Å². The van der Waals surface area contributed by atoms with Gasteiger partial charge in [0.25, 0.3) is 5.91 Å². The lowest BCUT2D eigenvalue weighted by Gasteiger charge is -2.32. The second kappa shape index (κ2) is 13.2. The first-order chi connectivity index (χ1) is 22.2. The third-order valence-corrected chi connectivity index (χ3v) is 8.70. The Kier molecular flexibility index (Phi) is 9.51. The highest BCUT2D eigenvalue weighted by molar-refractivity contribution is 6.06. The van der Waals surface area contributed by atoms with Crippen LogP contribution in [0.4, 0.5) is 15.3 Å². The summed E-state index contributed by atoms with van der Waals surface area (Å²) in [5.74, 6) is -1.03. The number of hydrogen-bond donors (Lipinski definition) is 2. The van der Waals surface area contributed by atoms with Gasteiger partial charge in [-0.2, -0.15) is 0 Å². The Bertz CT molecular complexity index is 1530. The topological polar surface area (TPSA) is 144 Å². The van der Waals surface area contributed by atoms with Crippen LogP contribution in [0.25, 0.3) is 0 Å². The number of hydrogen-bond acceptors (Lipinski definition) is 8. The summed E-state index contributed by atoms with van der Waals surface area (Å²) in [6, 6.07) is 13.4. The maximum atomic E-state index is 13.9. The molecule has 12 nitrogen and oxygen atoms in total. The molecule has 2 N–H and O–H groups in total. The summed E-state index contributed by atoms with van der Waals surface area (Å²) in [6.07, 6.45) is 0.538. The zero-order valence-corrected chi connectivity index (χ0v) is 27.8. The van der Waals surface area contributed by atoms with Gasteiger partial charge in [0.2, 0.25) is 17.4 Å². The minimum atomic E-state index is -1.65. The molecular weight excluding hydrogens is 604 g/mol. The van der Waals surface area contributed by atoms with Gasteiger partial charge in [0.1, 0.15) is 23.9 Å². The maximum Gasteiger partial charge on any atom is 0.418 e. The van der Waals surface area contributed by atoms with E-state index in [0.717, 1.165) is 23.3 Å². The van der Waals surface area contributed by atoms with Crippen LogP contribution in [-0.4, -0.2) is 70.5 Å². The molecule has 3 atom stereocenters. The first-order valence-corrected chi connectivity index (χ1v) is 16.1. The highest BCUT2D eigenvalue weighted by atomic mass is 16.6. The average molecular weight is 649 g/mol. The number of carbonyl (C=O) groups is 5. The SMILES string of the molecule is CC(C)[C@@H](NC(=O)OC(C)(C)C)C(=O)Nc1ccc2c(c1)OCCC21OC(=O)N(CC(=O)N(Cc2ccccc2)[C@@H](C)C2CC2)C1=O. The largest absolute Gasteiger partial charge is 0.493 e. The third-order valence-electron chi connectivity index (χ3n) is 8.70. The van der Waals surface area contributed by atoms with Crippen molar-refractivity contribution in [2.24, 2.45) is 11.8 Å². The molecule has 2 aromatic rings. The Balaban J connectivity index is 1.31. The molecule has 2 fully saturated rings. The van der Waals surface area contributed by atoms with Crippen molar-refractivity contribution in [2.75, 3.05) is 18.5 Å². The molecule has 2 aliphatic heterocycles. The molecule has 0 bridgehead atoms. The zero-order valence-electron chi connectivity index (χ0n) is 27.8. The van der Waals surface area contributed by atoms with Gasteiger partial charge in [-0.1, -0.05) is 44.2 Å². The smallest absolute Gasteiger partial charge is 0.418 e. The van der Waals surface area contributed by atoms with Crippen LogP contribution in [0.2, 0.25) is 0 Å². The summed E-state index contributed by atoms with van der Waals surface area (Å²) < 4.78 is 16.9.